The van der Waals surface area contributed by atoms with Gasteiger partial charge in [-0.3, -0.25) is 0 Å². The molecular formula is C50H32N8. The molecule has 0 spiro atoms. The average Bonchev–Trinajstić information content (AvgIpc) is 3.80. The van der Waals surface area contributed by atoms with Gasteiger partial charge in [-0.1, -0.05) is 92.6 Å². The van der Waals surface area contributed by atoms with E-state index in [9.17, 15) is 31.6 Å². The molecule has 8 heteroatoms. The Labute approximate surface area is 335 Å². The predicted octanol–water partition coefficient (Wildman–Crippen LogP) is 10.9. The van der Waals surface area contributed by atoms with Gasteiger partial charge >= 0.3 is 0 Å². The number of nitriles is 6. The molecule has 0 aliphatic carbocycles. The number of para-hydroxylation sites is 4. The van der Waals surface area contributed by atoms with Crippen LogP contribution in [0, 0.1) is 68.0 Å². The third kappa shape index (κ3) is 5.88. The van der Waals surface area contributed by atoms with Gasteiger partial charge in [0.05, 0.1) is 92.0 Å². The fourth-order valence-corrected chi connectivity index (χ4v) is 8.71. The molecule has 272 valence electrons. The predicted molar refractivity (Wildman–Crippen MR) is 223 cm³/mol. The molecule has 8 nitrogen and oxygen atoms in total. The molecule has 0 fully saturated rings. The van der Waals surface area contributed by atoms with E-state index in [0.717, 1.165) is 62.5 Å². The van der Waals surface area contributed by atoms with Gasteiger partial charge in [0.15, 0.2) is 0 Å². The fourth-order valence-electron chi connectivity index (χ4n) is 8.71. The Morgan fingerprint density at radius 2 is 0.931 bits per heavy atom. The SMILES string of the molecule is CCCCC(c1c(C#N)cc(C#N)cc1C#N)c1c(C(c2c(C#N)cc(C#N)cc2C#N)n2c3ccccc3c3ccccc32)n(-c2ccccc2)c2ccccc12. The molecule has 2 heterocycles. The van der Waals surface area contributed by atoms with Gasteiger partial charge in [0.25, 0.3) is 0 Å². The van der Waals surface area contributed by atoms with E-state index in [4.69, 9.17) is 0 Å². The molecule has 0 N–H and O–H groups in total. The normalized spacial score (nSPS) is 11.8. The van der Waals surface area contributed by atoms with Crippen LogP contribution in [0.15, 0.2) is 127 Å². The van der Waals surface area contributed by atoms with Crippen LogP contribution in [0.5, 0.6) is 0 Å². The Kier molecular flexibility index (Phi) is 9.70. The molecule has 0 aliphatic rings. The molecule has 58 heavy (non-hydrogen) atoms. The van der Waals surface area contributed by atoms with Crippen molar-refractivity contribution in [2.24, 2.45) is 0 Å². The minimum atomic E-state index is -0.872. The van der Waals surface area contributed by atoms with Gasteiger partial charge in [0.1, 0.15) is 6.04 Å². The van der Waals surface area contributed by atoms with Gasteiger partial charge < -0.3 is 9.13 Å². The second kappa shape index (κ2) is 15.4. The van der Waals surface area contributed by atoms with E-state index in [-0.39, 0.29) is 33.4 Å². The van der Waals surface area contributed by atoms with E-state index < -0.39 is 12.0 Å². The van der Waals surface area contributed by atoms with Crippen molar-refractivity contribution in [2.45, 2.75) is 38.1 Å². The summed E-state index contributed by atoms with van der Waals surface area (Å²) in [7, 11) is 0. The van der Waals surface area contributed by atoms with Crippen molar-refractivity contribution >= 4 is 32.7 Å². The lowest BCUT2D eigenvalue weighted by molar-refractivity contribution is 0.622. The summed E-state index contributed by atoms with van der Waals surface area (Å²) in [5.74, 6) is -0.549. The monoisotopic (exact) mass is 744 g/mol. The lowest BCUT2D eigenvalue weighted by atomic mass is 9.78. The highest BCUT2D eigenvalue weighted by molar-refractivity contribution is 6.08. The number of aromatic nitrogens is 2. The molecular weight excluding hydrogens is 713 g/mol. The number of hydrogen-bond donors (Lipinski definition) is 0. The molecule has 2 atom stereocenters. The lowest BCUT2D eigenvalue weighted by Crippen LogP contribution is -2.22. The maximum atomic E-state index is 11.0. The first-order valence-corrected chi connectivity index (χ1v) is 18.9. The number of nitrogens with zero attached hydrogens (tertiary/aromatic N) is 8. The molecule has 6 aromatic carbocycles. The molecule has 0 saturated heterocycles. The van der Waals surface area contributed by atoms with Crippen LogP contribution < -0.4 is 0 Å². The quantitative estimate of drug-likeness (QED) is 0.143. The maximum absolute atomic E-state index is 11.0. The molecule has 0 bridgehead atoms. The van der Waals surface area contributed by atoms with Crippen LogP contribution in [0.25, 0.3) is 38.4 Å². The summed E-state index contributed by atoms with van der Waals surface area (Å²) in [6.07, 6.45) is 2.12. The van der Waals surface area contributed by atoms with Crippen LogP contribution in [0.2, 0.25) is 0 Å². The summed E-state index contributed by atoms with van der Waals surface area (Å²) in [4.78, 5) is 0. The second-order valence-corrected chi connectivity index (χ2v) is 14.1. The van der Waals surface area contributed by atoms with Gasteiger partial charge in [-0.05, 0) is 72.1 Å². The van der Waals surface area contributed by atoms with Gasteiger partial charge in [0.2, 0.25) is 0 Å². The molecule has 0 saturated carbocycles. The number of rotatable bonds is 9. The first-order valence-electron chi connectivity index (χ1n) is 18.9. The molecule has 8 aromatic rings. The van der Waals surface area contributed by atoms with E-state index in [1.54, 1.807) is 24.3 Å². The largest absolute Gasteiger partial charge is 0.327 e. The van der Waals surface area contributed by atoms with Crippen LogP contribution in [0.3, 0.4) is 0 Å². The van der Waals surface area contributed by atoms with Gasteiger partial charge in [0, 0.05) is 33.3 Å². The van der Waals surface area contributed by atoms with Crippen molar-refractivity contribution in [3.05, 3.63) is 183 Å². The van der Waals surface area contributed by atoms with Crippen molar-refractivity contribution in [1.82, 2.24) is 9.13 Å². The van der Waals surface area contributed by atoms with Crippen molar-refractivity contribution in [3.63, 3.8) is 0 Å². The highest BCUT2D eigenvalue weighted by Crippen LogP contribution is 2.49. The van der Waals surface area contributed by atoms with E-state index in [0.29, 0.717) is 17.5 Å². The molecule has 2 unspecified atom stereocenters. The van der Waals surface area contributed by atoms with Crippen LogP contribution in [0.4, 0.5) is 0 Å². The van der Waals surface area contributed by atoms with Crippen molar-refractivity contribution < 1.29 is 0 Å². The number of hydrogen-bond acceptors (Lipinski definition) is 6. The zero-order valence-corrected chi connectivity index (χ0v) is 31.5. The van der Waals surface area contributed by atoms with Gasteiger partial charge in [-0.25, -0.2) is 0 Å². The smallest absolute Gasteiger partial charge is 0.103 e. The molecule has 0 radical (unpaired) electrons. The van der Waals surface area contributed by atoms with Crippen molar-refractivity contribution in [1.29, 1.82) is 31.6 Å². The van der Waals surface area contributed by atoms with E-state index in [1.165, 1.54) is 0 Å². The topological polar surface area (TPSA) is 153 Å². The zero-order valence-electron chi connectivity index (χ0n) is 31.5. The lowest BCUT2D eigenvalue weighted by Gasteiger charge is -2.30. The van der Waals surface area contributed by atoms with Gasteiger partial charge in [-0.15, -0.1) is 0 Å². The summed E-state index contributed by atoms with van der Waals surface area (Å²) >= 11 is 0. The zero-order chi connectivity index (χ0) is 40.3. The van der Waals surface area contributed by atoms with E-state index in [2.05, 4.69) is 64.6 Å². The second-order valence-electron chi connectivity index (χ2n) is 14.1. The highest BCUT2D eigenvalue weighted by Gasteiger charge is 2.37. The van der Waals surface area contributed by atoms with Crippen molar-refractivity contribution in [2.75, 3.05) is 0 Å². The van der Waals surface area contributed by atoms with Crippen molar-refractivity contribution in [3.8, 4) is 42.1 Å². The summed E-state index contributed by atoms with van der Waals surface area (Å²) in [5.41, 5.74) is 7.15. The van der Waals surface area contributed by atoms with Crippen LogP contribution >= 0.6 is 0 Å². The summed E-state index contributed by atoms with van der Waals surface area (Å²) in [6, 6.07) is 53.0. The van der Waals surface area contributed by atoms with Crippen LogP contribution in [-0.2, 0) is 0 Å². The number of unbranched alkanes of at least 4 members (excludes halogenated alkanes) is 1. The number of fused-ring (bicyclic) bond motifs is 4. The minimum Gasteiger partial charge on any atom is -0.327 e. The Bertz CT molecular complexity index is 3070. The highest BCUT2D eigenvalue weighted by atomic mass is 15.1. The molecule has 0 amide bonds. The third-order valence-corrected chi connectivity index (χ3v) is 11.0. The number of benzene rings is 6. The minimum absolute atomic E-state index is 0.178. The maximum Gasteiger partial charge on any atom is 0.103 e. The Morgan fingerprint density at radius 3 is 1.41 bits per heavy atom. The Balaban J connectivity index is 1.67. The van der Waals surface area contributed by atoms with Gasteiger partial charge in [-0.2, -0.15) is 31.6 Å². The molecule has 0 aliphatic heterocycles. The van der Waals surface area contributed by atoms with Crippen LogP contribution in [-0.4, -0.2) is 9.13 Å². The summed E-state index contributed by atoms with van der Waals surface area (Å²) in [5, 5.41) is 66.3. The summed E-state index contributed by atoms with van der Waals surface area (Å²) < 4.78 is 4.37. The third-order valence-electron chi connectivity index (χ3n) is 11.0. The molecule has 2 aromatic heterocycles. The average molecular weight is 745 g/mol. The standard InChI is InChI=1S/C50H32N8/c1-2-3-15-42(46-34(28-53)22-32(26-51)23-35(46)29-54)48-41-18-9-12-21-45(41)57(38-13-5-4-6-14-38)50(48)49(47-36(30-55)24-33(27-52)25-37(47)31-56)58-43-19-10-7-16-39(43)40-17-8-11-20-44(40)58/h4-14,16-25,42,49H,2-3,15H2,1H3. The van der Waals surface area contributed by atoms with Crippen LogP contribution in [0.1, 0.15) is 93.9 Å². The fraction of sp³-hybridized carbons (Fsp3) is 0.120. The van der Waals surface area contributed by atoms with E-state index in [1.807, 2.05) is 91.0 Å². The first kappa shape index (κ1) is 36.6. The first-order chi connectivity index (χ1) is 28.5. The Hall–Kier alpha value is -8.40. The van der Waals surface area contributed by atoms with E-state index >= 15 is 0 Å². The molecule has 8 rings (SSSR count). The summed E-state index contributed by atoms with van der Waals surface area (Å²) in [6.45, 7) is 2.09. The Morgan fingerprint density at radius 1 is 0.483 bits per heavy atom.